The average molecular weight is 546 g/mol. The minimum atomic E-state index is -0.622. The number of benzene rings is 1. The van der Waals surface area contributed by atoms with Gasteiger partial charge in [-0.05, 0) is 77.1 Å². The van der Waals surface area contributed by atoms with Crippen molar-refractivity contribution in [1.29, 1.82) is 0 Å². The molecule has 3 N–H and O–H groups in total. The maximum absolute atomic E-state index is 14.1. The van der Waals surface area contributed by atoms with Gasteiger partial charge in [-0.25, -0.2) is 0 Å². The Morgan fingerprint density at radius 1 is 1.13 bits per heavy atom. The second-order valence-corrected chi connectivity index (χ2v) is 13.5. The van der Waals surface area contributed by atoms with Crippen molar-refractivity contribution < 1.29 is 24.2 Å². The predicted octanol–water partition coefficient (Wildman–Crippen LogP) is 3.83. The molecule has 3 aliphatic rings. The highest BCUT2D eigenvalue weighted by Gasteiger charge is 2.75. The quantitative estimate of drug-likeness (QED) is 0.365. The van der Waals surface area contributed by atoms with Gasteiger partial charge in [-0.15, -0.1) is 11.8 Å². The van der Waals surface area contributed by atoms with Gasteiger partial charge in [0.15, 0.2) is 0 Å². The molecule has 1 aromatic rings. The fourth-order valence-electron chi connectivity index (χ4n) is 6.57. The van der Waals surface area contributed by atoms with Crippen LogP contribution in [0.5, 0.6) is 5.75 Å². The first-order chi connectivity index (χ1) is 18.0. The van der Waals surface area contributed by atoms with Crippen molar-refractivity contribution in [2.75, 3.05) is 25.1 Å². The summed E-state index contributed by atoms with van der Waals surface area (Å²) in [5, 5.41) is 15.3. The van der Waals surface area contributed by atoms with Gasteiger partial charge in [-0.2, -0.15) is 0 Å². The summed E-state index contributed by atoms with van der Waals surface area (Å²) in [7, 11) is 0. The molecule has 1 aromatic carbocycles. The maximum Gasteiger partial charge on any atom is 0.244 e. The summed E-state index contributed by atoms with van der Waals surface area (Å²) in [6.45, 7) is 11.1. The Morgan fingerprint density at radius 2 is 1.82 bits per heavy atom. The van der Waals surface area contributed by atoms with Gasteiger partial charge in [0.2, 0.25) is 17.7 Å². The summed E-state index contributed by atoms with van der Waals surface area (Å²) in [5.74, 6) is -0.501. The molecule has 0 aromatic heterocycles. The molecule has 9 heteroatoms. The van der Waals surface area contributed by atoms with Crippen molar-refractivity contribution in [3.05, 3.63) is 24.3 Å². The van der Waals surface area contributed by atoms with Crippen LogP contribution >= 0.6 is 11.8 Å². The van der Waals surface area contributed by atoms with Crippen LogP contribution in [0.15, 0.2) is 24.3 Å². The Bertz CT molecular complexity index is 1030. The molecule has 0 radical (unpaired) electrons. The first-order valence-corrected chi connectivity index (χ1v) is 14.9. The number of ether oxygens (including phenoxy) is 1. The molecule has 3 saturated heterocycles. The van der Waals surface area contributed by atoms with E-state index in [1.165, 1.54) is 0 Å². The summed E-state index contributed by atoms with van der Waals surface area (Å²) in [6.07, 6.45) is 4.06. The molecule has 2 bridgehead atoms. The molecule has 3 aliphatic heterocycles. The van der Waals surface area contributed by atoms with Crippen LogP contribution in [-0.2, 0) is 14.4 Å². The summed E-state index contributed by atoms with van der Waals surface area (Å²) < 4.78 is 4.88. The number of carbonyl (C=O) groups is 3. The number of anilines is 1. The molecule has 3 amide bonds. The van der Waals surface area contributed by atoms with Crippen molar-refractivity contribution >= 4 is 35.2 Å². The fourth-order valence-corrected chi connectivity index (χ4v) is 8.99. The van der Waals surface area contributed by atoms with Gasteiger partial charge < -0.3 is 25.4 Å². The average Bonchev–Trinajstić information content (AvgIpc) is 3.43. The zero-order valence-electron chi connectivity index (χ0n) is 23.3. The van der Waals surface area contributed by atoms with E-state index in [0.29, 0.717) is 18.8 Å². The number of thioether (sulfide) groups is 1. The minimum absolute atomic E-state index is 0.00158. The Morgan fingerprint density at radius 3 is 2.45 bits per heavy atom. The first kappa shape index (κ1) is 28.7. The molecule has 3 heterocycles. The first-order valence-electron chi connectivity index (χ1n) is 14.0. The topological polar surface area (TPSA) is 108 Å². The van der Waals surface area contributed by atoms with Crippen molar-refractivity contribution in [3.8, 4) is 5.75 Å². The van der Waals surface area contributed by atoms with Gasteiger partial charge in [0.25, 0.3) is 0 Å². The van der Waals surface area contributed by atoms with E-state index >= 15 is 0 Å². The van der Waals surface area contributed by atoms with E-state index in [1.54, 1.807) is 16.7 Å². The van der Waals surface area contributed by atoms with E-state index in [-0.39, 0.29) is 35.5 Å². The third kappa shape index (κ3) is 5.41. The number of nitrogens with one attached hydrogen (secondary N) is 2. The molecule has 0 aliphatic carbocycles. The number of fused-ring (bicyclic) bond motifs is 1. The van der Waals surface area contributed by atoms with Gasteiger partial charge in [-0.3, -0.25) is 14.4 Å². The smallest absolute Gasteiger partial charge is 0.244 e. The van der Waals surface area contributed by atoms with Gasteiger partial charge in [0.1, 0.15) is 11.8 Å². The SMILES string of the molecule is CCOc1ccc(NC(=O)[C@@H]2[C@H]3C(=O)N(CCCCCCO)C(C(=O)NC(C)(C)C)C34S[C@@H]2CC4C)cc1. The van der Waals surface area contributed by atoms with Crippen LogP contribution in [0.3, 0.4) is 0 Å². The number of aliphatic hydroxyl groups excluding tert-OH is 1. The number of likely N-dealkylation sites (tertiary alicyclic amines) is 1. The number of nitrogens with zero attached hydrogens (tertiary/aromatic N) is 1. The second-order valence-electron chi connectivity index (χ2n) is 11.9. The Hall–Kier alpha value is -2.26. The summed E-state index contributed by atoms with van der Waals surface area (Å²) in [4.78, 5) is 43.4. The van der Waals surface area contributed by atoms with E-state index < -0.39 is 28.2 Å². The van der Waals surface area contributed by atoms with Crippen LogP contribution in [-0.4, -0.2) is 69.1 Å². The molecule has 4 rings (SSSR count). The number of hydrogen-bond acceptors (Lipinski definition) is 6. The highest BCUT2D eigenvalue weighted by atomic mass is 32.2. The molecule has 8 nitrogen and oxygen atoms in total. The van der Waals surface area contributed by atoms with E-state index in [1.807, 2.05) is 52.0 Å². The molecule has 3 fully saturated rings. The molecule has 3 unspecified atom stereocenters. The molecular formula is C29H43N3O5S. The molecule has 210 valence electrons. The normalized spacial score (nSPS) is 29.9. The van der Waals surface area contributed by atoms with Crippen LogP contribution in [0, 0.1) is 17.8 Å². The second kappa shape index (κ2) is 11.5. The van der Waals surface area contributed by atoms with Crippen molar-refractivity contribution in [1.82, 2.24) is 10.2 Å². The van der Waals surface area contributed by atoms with Gasteiger partial charge in [-0.1, -0.05) is 19.8 Å². The molecule has 0 saturated carbocycles. The van der Waals surface area contributed by atoms with Gasteiger partial charge >= 0.3 is 0 Å². The Labute approximate surface area is 230 Å². The Balaban J connectivity index is 1.60. The number of hydrogen-bond donors (Lipinski definition) is 3. The van der Waals surface area contributed by atoms with E-state index in [9.17, 15) is 14.4 Å². The van der Waals surface area contributed by atoms with E-state index in [2.05, 4.69) is 17.6 Å². The number of rotatable bonds is 11. The lowest BCUT2D eigenvalue weighted by atomic mass is 9.65. The number of unbranched alkanes of at least 4 members (excludes halogenated alkanes) is 3. The third-order valence-corrected chi connectivity index (χ3v) is 10.1. The van der Waals surface area contributed by atoms with Crippen molar-refractivity contribution in [2.45, 2.75) is 88.3 Å². The molecule has 38 heavy (non-hydrogen) atoms. The standard InChI is InChI=1S/C29H43N3O5S/c1-6-37-20-13-11-19(12-14-20)30-25(34)22-21-17-18(2)29(38-21)23(22)27(36)32(15-9-7-8-10-16-33)24(29)26(35)31-28(3,4)5/h11-14,18,21-24,33H,6-10,15-17H2,1-5H3,(H,30,34)(H,31,35)/t18?,21-,22+,23+,24?,29?/m1/s1. The number of carbonyl (C=O) groups excluding carboxylic acids is 3. The minimum Gasteiger partial charge on any atom is -0.494 e. The molecule has 6 atom stereocenters. The van der Waals surface area contributed by atoms with E-state index in [0.717, 1.165) is 37.9 Å². The van der Waals surface area contributed by atoms with Crippen LogP contribution in [0.4, 0.5) is 5.69 Å². The maximum atomic E-state index is 14.1. The van der Waals surface area contributed by atoms with Gasteiger partial charge in [0, 0.05) is 29.6 Å². The van der Waals surface area contributed by atoms with Crippen molar-refractivity contribution in [3.63, 3.8) is 0 Å². The predicted molar refractivity (Wildman–Crippen MR) is 150 cm³/mol. The van der Waals surface area contributed by atoms with Crippen LogP contribution < -0.4 is 15.4 Å². The van der Waals surface area contributed by atoms with Gasteiger partial charge in [0.05, 0.1) is 23.2 Å². The molecule has 1 spiro atoms. The Kier molecular flexibility index (Phi) is 8.67. The van der Waals surface area contributed by atoms with Crippen LogP contribution in [0.1, 0.15) is 66.7 Å². The highest BCUT2D eigenvalue weighted by Crippen LogP contribution is 2.68. The lowest BCUT2D eigenvalue weighted by molar-refractivity contribution is -0.139. The molecular weight excluding hydrogens is 502 g/mol. The fraction of sp³-hybridized carbons (Fsp3) is 0.690. The van der Waals surface area contributed by atoms with Crippen molar-refractivity contribution in [2.24, 2.45) is 17.8 Å². The zero-order valence-corrected chi connectivity index (χ0v) is 24.1. The summed E-state index contributed by atoms with van der Waals surface area (Å²) >= 11 is 1.69. The lowest BCUT2D eigenvalue weighted by Crippen LogP contribution is -2.59. The lowest BCUT2D eigenvalue weighted by Gasteiger charge is -2.39. The van der Waals surface area contributed by atoms with E-state index in [4.69, 9.17) is 9.84 Å². The summed E-state index contributed by atoms with van der Waals surface area (Å²) in [5.41, 5.74) is 0.234. The van der Waals surface area contributed by atoms with Crippen LogP contribution in [0.2, 0.25) is 0 Å². The summed E-state index contributed by atoms with van der Waals surface area (Å²) in [6, 6.07) is 6.67. The number of aliphatic hydroxyl groups is 1. The zero-order chi connectivity index (χ0) is 27.7. The highest BCUT2D eigenvalue weighted by molar-refractivity contribution is 8.02. The van der Waals surface area contributed by atoms with Crippen LogP contribution in [0.25, 0.3) is 0 Å². The largest absolute Gasteiger partial charge is 0.494 e. The monoisotopic (exact) mass is 545 g/mol. The third-order valence-electron chi connectivity index (χ3n) is 8.03. The number of amides is 3.